The fraction of sp³-hybridized carbons (Fsp3) is 0.406. The third-order valence-electron chi connectivity index (χ3n) is 8.80. The van der Waals surface area contributed by atoms with Gasteiger partial charge in [-0.3, -0.25) is 14.5 Å². The Morgan fingerprint density at radius 3 is 2.52 bits per heavy atom. The lowest BCUT2D eigenvalue weighted by Crippen LogP contribution is -2.52. The molecule has 1 saturated heterocycles. The van der Waals surface area contributed by atoms with Crippen LogP contribution >= 0.6 is 0 Å². The molecule has 0 spiro atoms. The number of hydrogen-bond donors (Lipinski definition) is 0. The topological polar surface area (TPSA) is 99.5 Å². The van der Waals surface area contributed by atoms with Gasteiger partial charge in [-0.25, -0.2) is 4.79 Å². The maximum atomic E-state index is 14.7. The molecule has 10 heteroatoms. The number of benzene rings is 2. The van der Waals surface area contributed by atoms with Gasteiger partial charge in [-0.1, -0.05) is 24.3 Å². The van der Waals surface area contributed by atoms with E-state index in [4.69, 9.17) is 18.9 Å². The number of ketones is 1. The van der Waals surface area contributed by atoms with Crippen molar-refractivity contribution in [2.24, 2.45) is 0 Å². The molecule has 10 nitrogen and oxygen atoms in total. The van der Waals surface area contributed by atoms with Gasteiger partial charge >= 0.3 is 5.97 Å². The molecule has 0 bridgehead atoms. The van der Waals surface area contributed by atoms with Crippen LogP contribution in [0.5, 0.6) is 11.5 Å². The number of carbonyl (C=O) groups excluding carboxylic acids is 3. The van der Waals surface area contributed by atoms with Gasteiger partial charge < -0.3 is 28.4 Å². The van der Waals surface area contributed by atoms with Crippen LogP contribution in [0.15, 0.2) is 42.5 Å². The predicted octanol–water partition coefficient (Wildman–Crippen LogP) is 3.09. The van der Waals surface area contributed by atoms with E-state index >= 15 is 0 Å². The van der Waals surface area contributed by atoms with E-state index in [0.717, 1.165) is 31.6 Å². The highest BCUT2D eigenvalue weighted by Crippen LogP contribution is 2.42. The third-order valence-corrected chi connectivity index (χ3v) is 8.80. The molecule has 0 unspecified atom stereocenters. The molecule has 1 fully saturated rings. The molecule has 2 aromatic carbocycles. The van der Waals surface area contributed by atoms with E-state index in [1.807, 2.05) is 21.6 Å². The molecule has 5 heterocycles. The number of hydrogen-bond acceptors (Lipinski definition) is 8. The summed E-state index contributed by atoms with van der Waals surface area (Å²) in [7, 11) is 1.33. The van der Waals surface area contributed by atoms with E-state index in [2.05, 4.69) is 23.1 Å². The summed E-state index contributed by atoms with van der Waals surface area (Å²) in [5.41, 5.74) is 5.14. The Morgan fingerprint density at radius 2 is 1.74 bits per heavy atom. The van der Waals surface area contributed by atoms with Crippen molar-refractivity contribution in [3.63, 3.8) is 0 Å². The monoisotopic (exact) mass is 571 g/mol. The predicted molar refractivity (Wildman–Crippen MR) is 152 cm³/mol. The van der Waals surface area contributed by atoms with E-state index in [1.54, 1.807) is 12.1 Å². The molecule has 0 radical (unpaired) electrons. The second-order valence-electron chi connectivity index (χ2n) is 11.2. The van der Waals surface area contributed by atoms with E-state index < -0.39 is 5.97 Å². The molecule has 7 rings (SSSR count). The van der Waals surface area contributed by atoms with Crippen molar-refractivity contribution in [2.45, 2.75) is 38.4 Å². The first-order valence-electron chi connectivity index (χ1n) is 14.4. The largest absolute Gasteiger partial charge is 0.465 e. The molecule has 0 aliphatic carbocycles. The van der Waals surface area contributed by atoms with Gasteiger partial charge in [0.15, 0.2) is 11.5 Å². The first-order chi connectivity index (χ1) is 20.5. The average molecular weight is 572 g/mol. The zero-order valence-corrected chi connectivity index (χ0v) is 23.6. The summed E-state index contributed by atoms with van der Waals surface area (Å²) in [5.74, 6) is 0.498. The van der Waals surface area contributed by atoms with Crippen LogP contribution in [0, 0.1) is 0 Å². The van der Waals surface area contributed by atoms with Crippen LogP contribution in [0.1, 0.15) is 44.0 Å². The summed E-state index contributed by atoms with van der Waals surface area (Å²) in [5, 5.41) is 0. The van der Waals surface area contributed by atoms with Crippen LogP contribution in [-0.4, -0.2) is 84.8 Å². The quantitative estimate of drug-likeness (QED) is 0.431. The van der Waals surface area contributed by atoms with Crippen LogP contribution in [0.2, 0.25) is 0 Å². The van der Waals surface area contributed by atoms with Crippen LogP contribution in [-0.2, 0) is 40.2 Å². The minimum absolute atomic E-state index is 0.0340. The molecule has 0 saturated carbocycles. The minimum atomic E-state index is -0.508. The van der Waals surface area contributed by atoms with Gasteiger partial charge in [-0.05, 0) is 35.7 Å². The minimum Gasteiger partial charge on any atom is -0.465 e. The number of rotatable bonds is 5. The number of amides is 1. The summed E-state index contributed by atoms with van der Waals surface area (Å²) >= 11 is 0. The highest BCUT2D eigenvalue weighted by Gasteiger charge is 2.36. The second-order valence-corrected chi connectivity index (χ2v) is 11.2. The lowest BCUT2D eigenvalue weighted by Gasteiger charge is -2.40. The molecule has 1 atom stereocenters. The average Bonchev–Trinajstić information content (AvgIpc) is 3.64. The maximum absolute atomic E-state index is 14.7. The van der Waals surface area contributed by atoms with Crippen molar-refractivity contribution in [1.82, 2.24) is 14.4 Å². The van der Waals surface area contributed by atoms with Gasteiger partial charge in [0.1, 0.15) is 5.78 Å². The molecule has 218 valence electrons. The molecule has 42 heavy (non-hydrogen) atoms. The zero-order valence-electron chi connectivity index (χ0n) is 23.6. The van der Waals surface area contributed by atoms with Crippen LogP contribution in [0.3, 0.4) is 0 Å². The molecule has 4 aliphatic heterocycles. The first kappa shape index (κ1) is 26.7. The Labute approximate surface area is 243 Å². The summed E-state index contributed by atoms with van der Waals surface area (Å²) in [4.78, 5) is 44.2. The highest BCUT2D eigenvalue weighted by molar-refractivity contribution is 6.03. The van der Waals surface area contributed by atoms with Gasteiger partial charge in [0.2, 0.25) is 6.79 Å². The molecular weight excluding hydrogens is 538 g/mol. The van der Waals surface area contributed by atoms with Crippen LogP contribution < -0.4 is 9.47 Å². The number of aromatic nitrogens is 1. The summed E-state index contributed by atoms with van der Waals surface area (Å²) in [6.45, 7) is 4.77. The number of methoxy groups -OCH3 is 1. The van der Waals surface area contributed by atoms with E-state index in [0.29, 0.717) is 72.3 Å². The molecule has 3 aromatic rings. The van der Waals surface area contributed by atoms with Gasteiger partial charge in [0.25, 0.3) is 5.91 Å². The maximum Gasteiger partial charge on any atom is 0.339 e. The number of nitrogens with zero attached hydrogens (tertiary/aromatic N) is 3. The molecule has 4 aliphatic rings. The van der Waals surface area contributed by atoms with E-state index in [-0.39, 0.29) is 30.9 Å². The fourth-order valence-electron chi connectivity index (χ4n) is 6.61. The Hall–Kier alpha value is -4.15. The Balaban J connectivity index is 1.33. The number of carbonyl (C=O) groups is 3. The standard InChI is InChI=1S/C32H33N3O7/c1-39-32(38)26-14-28(34-7-6-23(36)13-27(26)34)24-15-29-30(42-19-41-29)16-25(24)31(37)35-17-21-5-3-2-4-20(21)12-22(35)18-33-8-10-40-11-9-33/h2-5,14-16,22H,6-13,17-19H2,1H3/t22-/m0/s1. The number of Topliss-reactive ketones (excluding diaryl/α,β-unsaturated/α-hetero) is 1. The van der Waals surface area contributed by atoms with Gasteiger partial charge in [0.05, 0.1) is 37.1 Å². The molecule has 1 amide bonds. The molecule has 1 aromatic heterocycles. The van der Waals surface area contributed by atoms with E-state index in [9.17, 15) is 14.4 Å². The van der Waals surface area contributed by atoms with Crippen molar-refractivity contribution in [3.8, 4) is 22.8 Å². The van der Waals surface area contributed by atoms with Crippen molar-refractivity contribution < 1.29 is 33.3 Å². The Bertz CT molecular complexity index is 1570. The molecular formula is C32H33N3O7. The van der Waals surface area contributed by atoms with Crippen molar-refractivity contribution in [3.05, 3.63) is 70.4 Å². The summed E-state index contributed by atoms with van der Waals surface area (Å²) in [6, 6.07) is 13.6. The van der Waals surface area contributed by atoms with E-state index in [1.165, 1.54) is 12.7 Å². The van der Waals surface area contributed by atoms with Crippen molar-refractivity contribution in [2.75, 3.05) is 46.8 Å². The Kier molecular flexibility index (Phi) is 6.95. The lowest BCUT2D eigenvalue weighted by atomic mass is 9.92. The second kappa shape index (κ2) is 10.9. The summed E-state index contributed by atoms with van der Waals surface area (Å²) in [6.07, 6.45) is 1.25. The smallest absolute Gasteiger partial charge is 0.339 e. The zero-order chi connectivity index (χ0) is 28.8. The number of ether oxygens (including phenoxy) is 4. The third kappa shape index (κ3) is 4.74. The molecule has 0 N–H and O–H groups in total. The summed E-state index contributed by atoms with van der Waals surface area (Å²) < 4.78 is 24.0. The van der Waals surface area contributed by atoms with Crippen molar-refractivity contribution >= 4 is 17.7 Å². The normalized spacial score (nSPS) is 19.8. The SMILES string of the molecule is COC(=O)c1cc(-c2cc3c(cc2C(=O)N2Cc4ccccc4C[C@H]2CN2CCOCC2)OCO3)n2c1CC(=O)CC2. The number of fused-ring (bicyclic) bond motifs is 3. The van der Waals surface area contributed by atoms with Gasteiger partial charge in [-0.15, -0.1) is 0 Å². The number of esters is 1. The lowest BCUT2D eigenvalue weighted by molar-refractivity contribution is -0.119. The van der Waals surface area contributed by atoms with Crippen LogP contribution in [0.25, 0.3) is 11.3 Å². The first-order valence-corrected chi connectivity index (χ1v) is 14.4. The number of morpholine rings is 1. The fourth-order valence-corrected chi connectivity index (χ4v) is 6.61. The van der Waals surface area contributed by atoms with Crippen molar-refractivity contribution in [1.29, 1.82) is 0 Å². The van der Waals surface area contributed by atoms with Gasteiger partial charge in [0, 0.05) is 62.9 Å². The highest BCUT2D eigenvalue weighted by atomic mass is 16.7. The van der Waals surface area contributed by atoms with Gasteiger partial charge in [-0.2, -0.15) is 0 Å². The van der Waals surface area contributed by atoms with Crippen LogP contribution in [0.4, 0.5) is 0 Å². The Morgan fingerprint density at radius 1 is 0.976 bits per heavy atom.